The highest BCUT2D eigenvalue weighted by atomic mass is 32.1. The molecule has 0 bridgehead atoms. The van der Waals surface area contributed by atoms with Crippen LogP contribution in [-0.2, 0) is 0 Å². The van der Waals surface area contributed by atoms with Crippen LogP contribution in [0, 0.1) is 5.41 Å². The molecule has 0 saturated carbocycles. The summed E-state index contributed by atoms with van der Waals surface area (Å²) < 4.78 is 0.0393. The molecule has 0 unspecified atom stereocenters. The molecule has 0 aliphatic carbocycles. The molecular formula is C7H10B2OS. The predicted octanol–water partition coefficient (Wildman–Crippen LogP) is 1.47. The van der Waals surface area contributed by atoms with E-state index in [1.807, 2.05) is 20.8 Å². The quantitative estimate of drug-likeness (QED) is 0.274. The van der Waals surface area contributed by atoms with Gasteiger partial charge >= 0.3 is 0 Å². The minimum Gasteiger partial charge on any atom is -0.512 e. The van der Waals surface area contributed by atoms with E-state index in [2.05, 4.69) is 12.2 Å². The van der Waals surface area contributed by atoms with Gasteiger partial charge in [-0.15, -0.1) is 0 Å². The van der Waals surface area contributed by atoms with Gasteiger partial charge < -0.3 is 5.11 Å². The summed E-state index contributed by atoms with van der Waals surface area (Å²) in [4.78, 5) is 0. The predicted molar refractivity (Wildman–Crippen MR) is 53.2 cm³/mol. The molecule has 0 aliphatic heterocycles. The Kier molecular flexibility index (Phi) is 3.36. The molecule has 11 heavy (non-hydrogen) atoms. The summed E-state index contributed by atoms with van der Waals surface area (Å²) in [6.45, 7) is 5.48. The Balaban J connectivity index is 4.82. The average Bonchev–Trinajstić information content (AvgIpc) is 1.82. The Hall–Kier alpha value is -0.240. The van der Waals surface area contributed by atoms with Crippen LogP contribution >= 0.6 is 12.2 Å². The SMILES string of the molecule is [B]C(=S)C([B])=C(O)C(C)(C)C. The maximum atomic E-state index is 9.41. The molecule has 0 amide bonds. The Labute approximate surface area is 75.7 Å². The van der Waals surface area contributed by atoms with E-state index in [0.717, 1.165) is 0 Å². The molecule has 0 aromatic rings. The van der Waals surface area contributed by atoms with Crippen molar-refractivity contribution in [3.05, 3.63) is 11.2 Å². The summed E-state index contributed by atoms with van der Waals surface area (Å²) in [6.07, 6.45) is 0. The van der Waals surface area contributed by atoms with Gasteiger partial charge in [0, 0.05) is 5.41 Å². The van der Waals surface area contributed by atoms with E-state index >= 15 is 0 Å². The number of hydrogen-bond donors (Lipinski definition) is 1. The topological polar surface area (TPSA) is 20.2 Å². The number of rotatable bonds is 1. The number of aliphatic hydroxyl groups is 1. The van der Waals surface area contributed by atoms with Crippen molar-refractivity contribution in [3.8, 4) is 0 Å². The lowest BCUT2D eigenvalue weighted by molar-refractivity contribution is 0.277. The van der Waals surface area contributed by atoms with E-state index in [9.17, 15) is 5.11 Å². The van der Waals surface area contributed by atoms with Crippen LogP contribution in [-0.4, -0.2) is 25.6 Å². The summed E-state index contributed by atoms with van der Waals surface area (Å²) in [6, 6.07) is 0. The lowest BCUT2D eigenvalue weighted by atomic mass is 9.77. The summed E-state index contributed by atoms with van der Waals surface area (Å²) in [7, 11) is 10.6. The van der Waals surface area contributed by atoms with Gasteiger partial charge in [0.15, 0.2) is 0 Å². The normalized spacial score (nSPS) is 14.1. The van der Waals surface area contributed by atoms with Crippen LogP contribution in [0.2, 0.25) is 0 Å². The molecule has 0 rings (SSSR count). The number of aliphatic hydroxyl groups excluding tert-OH is 1. The monoisotopic (exact) mass is 164 g/mol. The first-order chi connectivity index (χ1) is 4.76. The number of thiocarbonyl (C=S) groups is 1. The minimum absolute atomic E-state index is 0.0393. The molecule has 0 atom stereocenters. The van der Waals surface area contributed by atoms with Crippen molar-refractivity contribution in [2.24, 2.45) is 5.41 Å². The minimum atomic E-state index is -0.395. The molecule has 56 valence electrons. The van der Waals surface area contributed by atoms with Gasteiger partial charge in [0.2, 0.25) is 0 Å². The Morgan fingerprint density at radius 1 is 1.27 bits per heavy atom. The second kappa shape index (κ2) is 3.44. The van der Waals surface area contributed by atoms with Crippen LogP contribution in [0.25, 0.3) is 0 Å². The second-order valence-corrected chi connectivity index (χ2v) is 3.82. The highest BCUT2D eigenvalue weighted by Gasteiger charge is 2.18. The van der Waals surface area contributed by atoms with Gasteiger partial charge in [-0.1, -0.05) is 38.5 Å². The molecule has 0 aliphatic rings. The van der Waals surface area contributed by atoms with Crippen molar-refractivity contribution >= 4 is 32.7 Å². The van der Waals surface area contributed by atoms with Gasteiger partial charge in [-0.25, -0.2) is 0 Å². The van der Waals surface area contributed by atoms with Gasteiger partial charge in [0.05, 0.1) is 5.76 Å². The molecule has 0 fully saturated rings. The van der Waals surface area contributed by atoms with Gasteiger partial charge in [-0.05, 0) is 4.76 Å². The largest absolute Gasteiger partial charge is 0.512 e. The van der Waals surface area contributed by atoms with Gasteiger partial charge in [-0.3, -0.25) is 0 Å². The molecular weight excluding hydrogens is 154 g/mol. The third-order valence-electron chi connectivity index (χ3n) is 1.23. The van der Waals surface area contributed by atoms with Crippen LogP contribution in [0.4, 0.5) is 0 Å². The van der Waals surface area contributed by atoms with Crippen LogP contribution < -0.4 is 0 Å². The first-order valence-corrected chi connectivity index (χ1v) is 3.66. The van der Waals surface area contributed by atoms with Crippen LogP contribution in [0.5, 0.6) is 0 Å². The summed E-state index contributed by atoms with van der Waals surface area (Å²) in [5.74, 6) is 0.0463. The Morgan fingerprint density at radius 2 is 1.64 bits per heavy atom. The van der Waals surface area contributed by atoms with Crippen LogP contribution in [0.1, 0.15) is 20.8 Å². The molecule has 1 N–H and O–H groups in total. The highest BCUT2D eigenvalue weighted by Crippen LogP contribution is 2.24. The molecule has 0 aromatic carbocycles. The number of allylic oxidation sites excluding steroid dienone is 2. The Morgan fingerprint density at radius 3 is 1.73 bits per heavy atom. The first kappa shape index (κ1) is 10.8. The van der Waals surface area contributed by atoms with Gasteiger partial charge in [-0.2, -0.15) is 0 Å². The molecule has 0 aromatic heterocycles. The maximum Gasteiger partial charge on any atom is 0.129 e. The van der Waals surface area contributed by atoms with E-state index in [-0.39, 0.29) is 16.0 Å². The summed E-state index contributed by atoms with van der Waals surface area (Å²) in [5, 5.41) is 9.41. The molecule has 1 nitrogen and oxygen atoms in total. The maximum absolute atomic E-state index is 9.41. The summed E-state index contributed by atoms with van der Waals surface area (Å²) >= 11 is 4.60. The van der Waals surface area contributed by atoms with E-state index in [0.29, 0.717) is 0 Å². The van der Waals surface area contributed by atoms with Gasteiger partial charge in [0.1, 0.15) is 15.7 Å². The standard InChI is InChI=1S/C7H10B2OS/c1-7(2,3)5(10)4(8)6(9)11/h10H,1-3H3. The van der Waals surface area contributed by atoms with Crippen LogP contribution in [0.15, 0.2) is 11.2 Å². The summed E-state index contributed by atoms with van der Waals surface area (Å²) in [5.41, 5.74) is -0.291. The zero-order valence-electron chi connectivity index (χ0n) is 7.01. The van der Waals surface area contributed by atoms with Crippen molar-refractivity contribution in [2.45, 2.75) is 20.8 Å². The van der Waals surface area contributed by atoms with Crippen molar-refractivity contribution in [1.82, 2.24) is 0 Å². The van der Waals surface area contributed by atoms with E-state index in [1.165, 1.54) is 0 Å². The fourth-order valence-electron chi connectivity index (χ4n) is 0.521. The smallest absolute Gasteiger partial charge is 0.129 e. The zero-order chi connectivity index (χ0) is 9.23. The molecule has 4 heteroatoms. The molecule has 0 heterocycles. The molecule has 0 spiro atoms. The number of hydrogen-bond acceptors (Lipinski definition) is 2. The average molecular weight is 164 g/mol. The van der Waals surface area contributed by atoms with Crippen molar-refractivity contribution < 1.29 is 5.11 Å². The third kappa shape index (κ3) is 3.10. The third-order valence-corrected chi connectivity index (χ3v) is 1.45. The molecule has 4 radical (unpaired) electrons. The van der Waals surface area contributed by atoms with E-state index < -0.39 is 5.41 Å². The van der Waals surface area contributed by atoms with Crippen molar-refractivity contribution in [3.63, 3.8) is 0 Å². The first-order valence-electron chi connectivity index (χ1n) is 3.26. The van der Waals surface area contributed by atoms with Crippen molar-refractivity contribution in [2.75, 3.05) is 0 Å². The fourth-order valence-corrected chi connectivity index (χ4v) is 0.617. The second-order valence-electron chi connectivity index (χ2n) is 3.38. The lowest BCUT2D eigenvalue weighted by Crippen LogP contribution is -2.15. The highest BCUT2D eigenvalue weighted by molar-refractivity contribution is 7.83. The van der Waals surface area contributed by atoms with Crippen LogP contribution in [0.3, 0.4) is 0 Å². The zero-order valence-corrected chi connectivity index (χ0v) is 7.83. The van der Waals surface area contributed by atoms with Gasteiger partial charge in [0.25, 0.3) is 0 Å². The fraction of sp³-hybridized carbons (Fsp3) is 0.571. The Bertz CT molecular complexity index is 203. The van der Waals surface area contributed by atoms with Crippen molar-refractivity contribution in [1.29, 1.82) is 0 Å². The lowest BCUT2D eigenvalue weighted by Gasteiger charge is -2.20. The molecule has 0 saturated heterocycles. The van der Waals surface area contributed by atoms with E-state index in [1.54, 1.807) is 0 Å². The van der Waals surface area contributed by atoms with E-state index in [4.69, 9.17) is 15.7 Å².